The number of hydrogen-bond donors (Lipinski definition) is 1. The summed E-state index contributed by atoms with van der Waals surface area (Å²) in [6.07, 6.45) is 0.968. The van der Waals surface area contributed by atoms with Crippen LogP contribution in [0, 0.1) is 0 Å². The number of carbonyl (C=O) groups excluding carboxylic acids is 1. The second kappa shape index (κ2) is 7.39. The van der Waals surface area contributed by atoms with Gasteiger partial charge in [0.15, 0.2) is 0 Å². The lowest BCUT2D eigenvalue weighted by Crippen LogP contribution is -2.44. The summed E-state index contributed by atoms with van der Waals surface area (Å²) < 4.78 is 5.74. The number of aromatic amines is 1. The molecule has 1 aliphatic rings. The number of aromatic nitrogens is 2. The predicted octanol–water partition coefficient (Wildman–Crippen LogP) is 5.21. The Morgan fingerprint density at radius 2 is 1.76 bits per heavy atom. The molecule has 29 heavy (non-hydrogen) atoms. The van der Waals surface area contributed by atoms with Gasteiger partial charge in [-0.3, -0.25) is 9.89 Å². The number of H-pyrrole nitrogens is 1. The molecule has 0 saturated heterocycles. The van der Waals surface area contributed by atoms with E-state index in [9.17, 15) is 4.79 Å². The quantitative estimate of drug-likeness (QED) is 0.652. The molecule has 0 radical (unpaired) electrons. The lowest BCUT2D eigenvalue weighted by atomic mass is 9.93. The molecule has 1 aromatic heterocycles. The maximum atomic E-state index is 13.3. The smallest absolute Gasteiger partial charge is 0.273 e. The molecule has 0 saturated carbocycles. The van der Waals surface area contributed by atoms with Crippen LogP contribution in [0.5, 0.6) is 5.75 Å². The van der Waals surface area contributed by atoms with Crippen LogP contribution in [0.4, 0.5) is 0 Å². The first-order valence-corrected chi connectivity index (χ1v) is 10.1. The van der Waals surface area contributed by atoms with Gasteiger partial charge >= 0.3 is 0 Å². The monoisotopic (exact) mass is 389 g/mol. The fraction of sp³-hybridized carbons (Fsp3) is 0.333. The fourth-order valence-electron chi connectivity index (χ4n) is 3.94. The number of nitrogens with zero attached hydrogens (tertiary/aromatic N) is 2. The summed E-state index contributed by atoms with van der Waals surface area (Å²) in [7, 11) is 0. The maximum absolute atomic E-state index is 13.3. The summed E-state index contributed by atoms with van der Waals surface area (Å²) in [4.78, 5) is 15.3. The van der Waals surface area contributed by atoms with E-state index in [1.54, 1.807) is 0 Å². The fourth-order valence-corrected chi connectivity index (χ4v) is 3.94. The van der Waals surface area contributed by atoms with Gasteiger partial charge in [0, 0.05) is 16.7 Å². The van der Waals surface area contributed by atoms with E-state index in [2.05, 4.69) is 50.0 Å². The van der Waals surface area contributed by atoms with Crippen LogP contribution in [0.15, 0.2) is 54.6 Å². The van der Waals surface area contributed by atoms with Crippen molar-refractivity contribution in [1.82, 2.24) is 15.1 Å². The van der Waals surface area contributed by atoms with E-state index in [-0.39, 0.29) is 17.5 Å². The third-order valence-corrected chi connectivity index (χ3v) is 5.21. The number of rotatable bonds is 5. The highest BCUT2D eigenvalue weighted by molar-refractivity contribution is 6.00. The largest absolute Gasteiger partial charge is 0.494 e. The van der Waals surface area contributed by atoms with E-state index in [0.717, 1.165) is 34.6 Å². The number of hydrogen-bond acceptors (Lipinski definition) is 3. The highest BCUT2D eigenvalue weighted by Gasteiger charge is 2.46. The number of carbonyl (C=O) groups is 1. The second-order valence-corrected chi connectivity index (χ2v) is 8.39. The molecule has 4 rings (SSSR count). The average Bonchev–Trinajstić information content (AvgIpc) is 3.26. The van der Waals surface area contributed by atoms with Gasteiger partial charge in [-0.25, -0.2) is 0 Å². The standard InChI is InChI=1S/C24H27N3O2/c1-5-15-29-18-13-11-17(12-14-18)22-19-20(16-9-7-6-8-10-16)25-26-21(19)23(28)27(22)24(2,3)4/h6-14,22H,5,15H2,1-4H3,(H,25,26). The summed E-state index contributed by atoms with van der Waals surface area (Å²) in [5.41, 5.74) is 4.06. The zero-order valence-electron chi connectivity index (χ0n) is 17.4. The first kappa shape index (κ1) is 19.2. The molecular formula is C24H27N3O2. The van der Waals surface area contributed by atoms with Crippen molar-refractivity contribution >= 4 is 5.91 Å². The molecule has 2 heterocycles. The van der Waals surface area contributed by atoms with Crippen LogP contribution in [0.1, 0.15) is 61.8 Å². The molecular weight excluding hydrogens is 362 g/mol. The normalized spacial score (nSPS) is 16.2. The van der Waals surface area contributed by atoms with Gasteiger partial charge < -0.3 is 9.64 Å². The molecule has 1 atom stereocenters. The van der Waals surface area contributed by atoms with E-state index in [1.165, 1.54) is 0 Å². The maximum Gasteiger partial charge on any atom is 0.273 e. The van der Waals surface area contributed by atoms with Crippen LogP contribution in [0.2, 0.25) is 0 Å². The van der Waals surface area contributed by atoms with Gasteiger partial charge in [0.2, 0.25) is 0 Å². The molecule has 3 aromatic rings. The molecule has 5 nitrogen and oxygen atoms in total. The Labute approximate surface area is 171 Å². The molecule has 0 bridgehead atoms. The minimum atomic E-state index is -0.340. The van der Waals surface area contributed by atoms with Crippen molar-refractivity contribution in [1.29, 1.82) is 0 Å². The predicted molar refractivity (Wildman–Crippen MR) is 114 cm³/mol. The van der Waals surface area contributed by atoms with Gasteiger partial charge in [-0.2, -0.15) is 5.10 Å². The van der Waals surface area contributed by atoms with E-state index >= 15 is 0 Å². The lowest BCUT2D eigenvalue weighted by Gasteiger charge is -2.37. The number of nitrogens with one attached hydrogen (secondary N) is 1. The van der Waals surface area contributed by atoms with E-state index in [0.29, 0.717) is 12.3 Å². The topological polar surface area (TPSA) is 58.2 Å². The molecule has 0 fully saturated rings. The Morgan fingerprint density at radius 3 is 2.38 bits per heavy atom. The van der Waals surface area contributed by atoms with Crippen molar-refractivity contribution in [2.24, 2.45) is 0 Å². The Kier molecular flexibility index (Phi) is 4.91. The van der Waals surface area contributed by atoms with Crippen LogP contribution in [0.3, 0.4) is 0 Å². The molecule has 1 unspecified atom stereocenters. The summed E-state index contributed by atoms with van der Waals surface area (Å²) in [6, 6.07) is 17.9. The molecule has 0 aliphatic carbocycles. The van der Waals surface area contributed by atoms with Gasteiger partial charge in [0.05, 0.1) is 18.3 Å². The van der Waals surface area contributed by atoms with Gasteiger partial charge in [-0.1, -0.05) is 49.4 Å². The molecule has 1 N–H and O–H groups in total. The highest BCUT2D eigenvalue weighted by atomic mass is 16.5. The second-order valence-electron chi connectivity index (χ2n) is 8.39. The van der Waals surface area contributed by atoms with Crippen molar-refractivity contribution in [3.63, 3.8) is 0 Å². The summed E-state index contributed by atoms with van der Waals surface area (Å²) in [5, 5.41) is 7.52. The Hall–Kier alpha value is -3.08. The van der Waals surface area contributed by atoms with E-state index in [1.807, 2.05) is 47.4 Å². The molecule has 150 valence electrons. The van der Waals surface area contributed by atoms with Crippen LogP contribution in [0.25, 0.3) is 11.3 Å². The van der Waals surface area contributed by atoms with Crippen LogP contribution >= 0.6 is 0 Å². The van der Waals surface area contributed by atoms with Gasteiger partial charge in [0.1, 0.15) is 11.4 Å². The Morgan fingerprint density at radius 1 is 1.07 bits per heavy atom. The molecule has 5 heteroatoms. The number of amides is 1. The van der Waals surface area contributed by atoms with Crippen molar-refractivity contribution < 1.29 is 9.53 Å². The first-order valence-electron chi connectivity index (χ1n) is 10.1. The zero-order chi connectivity index (χ0) is 20.6. The van der Waals surface area contributed by atoms with Crippen molar-refractivity contribution in [3.05, 3.63) is 71.4 Å². The Balaban J connectivity index is 1.83. The highest BCUT2D eigenvalue weighted by Crippen LogP contribution is 2.46. The molecule has 1 aliphatic heterocycles. The Bertz CT molecular complexity index is 1000. The zero-order valence-corrected chi connectivity index (χ0v) is 17.4. The average molecular weight is 389 g/mol. The van der Waals surface area contributed by atoms with Crippen LogP contribution < -0.4 is 4.74 Å². The minimum Gasteiger partial charge on any atom is -0.494 e. The SMILES string of the molecule is CCCOc1ccc(C2c3c(-c4ccccc4)n[nH]c3C(=O)N2C(C)(C)C)cc1. The summed E-state index contributed by atoms with van der Waals surface area (Å²) in [6.45, 7) is 8.99. The molecule has 1 amide bonds. The van der Waals surface area contributed by atoms with Gasteiger partial charge in [-0.15, -0.1) is 0 Å². The number of benzene rings is 2. The van der Waals surface area contributed by atoms with Crippen molar-refractivity contribution in [2.75, 3.05) is 6.61 Å². The summed E-state index contributed by atoms with van der Waals surface area (Å²) in [5.74, 6) is 0.830. The molecule has 2 aromatic carbocycles. The number of fused-ring (bicyclic) bond motifs is 1. The van der Waals surface area contributed by atoms with Crippen molar-refractivity contribution in [3.8, 4) is 17.0 Å². The van der Waals surface area contributed by atoms with Crippen molar-refractivity contribution in [2.45, 2.75) is 45.7 Å². The third-order valence-electron chi connectivity index (χ3n) is 5.21. The molecule has 0 spiro atoms. The van der Waals surface area contributed by atoms with Gasteiger partial charge in [-0.05, 0) is 44.9 Å². The number of ether oxygens (including phenoxy) is 1. The van der Waals surface area contributed by atoms with Gasteiger partial charge in [0.25, 0.3) is 5.91 Å². The minimum absolute atomic E-state index is 0.0153. The third kappa shape index (κ3) is 3.41. The van der Waals surface area contributed by atoms with E-state index < -0.39 is 0 Å². The van der Waals surface area contributed by atoms with Crippen LogP contribution in [-0.4, -0.2) is 33.2 Å². The lowest BCUT2D eigenvalue weighted by molar-refractivity contribution is 0.0546. The summed E-state index contributed by atoms with van der Waals surface area (Å²) >= 11 is 0. The first-order chi connectivity index (χ1) is 13.9. The van der Waals surface area contributed by atoms with E-state index in [4.69, 9.17) is 4.74 Å². The van der Waals surface area contributed by atoms with Crippen LogP contribution in [-0.2, 0) is 0 Å².